The van der Waals surface area contributed by atoms with Crippen LogP contribution in [-0.2, 0) is 5.60 Å². The number of fused-ring (bicyclic) bond motifs is 1. The van der Waals surface area contributed by atoms with Gasteiger partial charge in [0.1, 0.15) is 4.88 Å². The average molecular weight is 415 g/mol. The Morgan fingerprint density at radius 3 is 2.69 bits per heavy atom. The molecule has 1 fully saturated rings. The van der Waals surface area contributed by atoms with Gasteiger partial charge in [0, 0.05) is 29.4 Å². The van der Waals surface area contributed by atoms with Crippen molar-refractivity contribution in [3.05, 3.63) is 40.5 Å². The van der Waals surface area contributed by atoms with Crippen LogP contribution in [0.1, 0.15) is 60.8 Å². The Balaban J connectivity index is 1.66. The van der Waals surface area contributed by atoms with Gasteiger partial charge in [-0.05, 0) is 57.6 Å². The minimum Gasteiger partial charge on any atom is -0.396 e. The van der Waals surface area contributed by atoms with Gasteiger partial charge in [-0.1, -0.05) is 0 Å². The Morgan fingerprint density at radius 2 is 2.07 bits per heavy atom. The molecule has 0 aliphatic heterocycles. The molecule has 0 saturated heterocycles. The molecule has 1 aliphatic rings. The molecule has 1 aliphatic carbocycles. The van der Waals surface area contributed by atoms with Crippen LogP contribution in [0.5, 0.6) is 0 Å². The van der Waals surface area contributed by atoms with Gasteiger partial charge >= 0.3 is 0 Å². The molecule has 1 aromatic carbocycles. The lowest BCUT2D eigenvalue weighted by molar-refractivity contribution is 0.0794. The Hall–Kier alpha value is -2.29. The quantitative estimate of drug-likeness (QED) is 0.591. The number of aliphatic hydroxyl groups excluding tert-OH is 1. The second-order valence-corrected chi connectivity index (χ2v) is 9.19. The van der Waals surface area contributed by atoms with Crippen molar-refractivity contribution in [2.24, 2.45) is 5.92 Å². The molecule has 7 nitrogen and oxygen atoms in total. The normalized spacial score (nSPS) is 20.1. The fourth-order valence-electron chi connectivity index (χ4n) is 3.99. The first-order chi connectivity index (χ1) is 13.8. The molecule has 0 atom stereocenters. The van der Waals surface area contributed by atoms with Crippen LogP contribution in [-0.4, -0.2) is 37.5 Å². The number of amides is 1. The molecule has 8 heteroatoms. The predicted molar refractivity (Wildman–Crippen MR) is 113 cm³/mol. The Kier molecular flexibility index (Phi) is 5.42. The zero-order valence-corrected chi connectivity index (χ0v) is 17.4. The van der Waals surface area contributed by atoms with E-state index < -0.39 is 5.60 Å². The van der Waals surface area contributed by atoms with Crippen molar-refractivity contribution in [1.29, 1.82) is 0 Å². The molecule has 0 unspecified atom stereocenters. The number of hydrogen-bond acceptors (Lipinski definition) is 6. The number of benzene rings is 1. The number of aromatic nitrogens is 3. The number of rotatable bonds is 5. The molecule has 2 aromatic heterocycles. The summed E-state index contributed by atoms with van der Waals surface area (Å²) in [6.07, 6.45) is 7.53. The highest BCUT2D eigenvalue weighted by molar-refractivity contribution is 7.11. The number of aliphatic hydroxyl groups is 2. The Labute approximate surface area is 173 Å². The van der Waals surface area contributed by atoms with Crippen LogP contribution in [0.2, 0.25) is 0 Å². The number of thiazole rings is 1. The van der Waals surface area contributed by atoms with Crippen LogP contribution in [0.3, 0.4) is 0 Å². The van der Waals surface area contributed by atoms with Gasteiger partial charge in [-0.2, -0.15) is 5.10 Å². The van der Waals surface area contributed by atoms with E-state index >= 15 is 0 Å². The summed E-state index contributed by atoms with van der Waals surface area (Å²) in [7, 11) is 0. The van der Waals surface area contributed by atoms with Crippen LogP contribution in [0.25, 0.3) is 10.9 Å². The van der Waals surface area contributed by atoms with Crippen LogP contribution in [0, 0.1) is 5.92 Å². The molecule has 0 spiro atoms. The molecule has 4 rings (SSSR count). The highest BCUT2D eigenvalue weighted by Crippen LogP contribution is 2.35. The number of nitrogens with zero attached hydrogens (tertiary/aromatic N) is 3. The van der Waals surface area contributed by atoms with Crippen molar-refractivity contribution < 1.29 is 15.0 Å². The van der Waals surface area contributed by atoms with Crippen LogP contribution >= 0.6 is 11.3 Å². The summed E-state index contributed by atoms with van der Waals surface area (Å²) in [6.45, 7) is 3.65. The first kappa shape index (κ1) is 20.0. The summed E-state index contributed by atoms with van der Waals surface area (Å²) >= 11 is 1.27. The molecule has 29 heavy (non-hydrogen) atoms. The summed E-state index contributed by atoms with van der Waals surface area (Å²) in [6, 6.07) is 4.05. The number of nitrogens with one attached hydrogen (secondary N) is 1. The van der Waals surface area contributed by atoms with E-state index in [1.807, 2.05) is 23.0 Å². The molecular weight excluding hydrogens is 388 g/mol. The van der Waals surface area contributed by atoms with E-state index in [9.17, 15) is 15.0 Å². The van der Waals surface area contributed by atoms with Crippen molar-refractivity contribution in [2.45, 2.75) is 51.2 Å². The third-order valence-electron chi connectivity index (χ3n) is 5.67. The van der Waals surface area contributed by atoms with E-state index in [-0.39, 0.29) is 12.5 Å². The van der Waals surface area contributed by atoms with Gasteiger partial charge in [-0.3, -0.25) is 14.5 Å². The minimum absolute atomic E-state index is 0.243. The van der Waals surface area contributed by atoms with Crippen molar-refractivity contribution in [3.63, 3.8) is 0 Å². The number of hydrogen-bond donors (Lipinski definition) is 3. The van der Waals surface area contributed by atoms with E-state index in [2.05, 4.69) is 10.3 Å². The monoisotopic (exact) mass is 414 g/mol. The van der Waals surface area contributed by atoms with Gasteiger partial charge in [0.05, 0.1) is 28.9 Å². The van der Waals surface area contributed by atoms with Gasteiger partial charge in [0.15, 0.2) is 0 Å². The molecule has 3 aromatic rings. The van der Waals surface area contributed by atoms with Gasteiger partial charge in [0.25, 0.3) is 5.91 Å². The van der Waals surface area contributed by atoms with Crippen LogP contribution in [0.15, 0.2) is 30.0 Å². The second-order valence-electron chi connectivity index (χ2n) is 8.30. The molecule has 3 N–H and O–H groups in total. The summed E-state index contributed by atoms with van der Waals surface area (Å²) < 4.78 is 2.00. The second kappa shape index (κ2) is 7.85. The van der Waals surface area contributed by atoms with E-state index in [0.29, 0.717) is 28.1 Å². The van der Waals surface area contributed by atoms with E-state index in [0.717, 1.165) is 36.6 Å². The lowest BCUT2D eigenvalue weighted by Crippen LogP contribution is -2.20. The van der Waals surface area contributed by atoms with Crippen LogP contribution in [0.4, 0.5) is 5.69 Å². The summed E-state index contributed by atoms with van der Waals surface area (Å²) in [4.78, 5) is 17.0. The van der Waals surface area contributed by atoms with Crippen molar-refractivity contribution in [3.8, 4) is 0 Å². The molecule has 1 amide bonds. The fourth-order valence-corrected chi connectivity index (χ4v) is 4.51. The first-order valence-corrected chi connectivity index (χ1v) is 10.8. The minimum atomic E-state index is -1.13. The molecule has 154 valence electrons. The lowest BCUT2D eigenvalue weighted by atomic mass is 9.87. The largest absolute Gasteiger partial charge is 0.396 e. The van der Waals surface area contributed by atoms with Gasteiger partial charge < -0.3 is 15.5 Å². The SMILES string of the molecule is CC(C)(O)c1cc2nn(C3CCC(CO)CC3)cc2cc1NC(=O)c1cncs1. The molecular formula is C21H26N4O3S. The highest BCUT2D eigenvalue weighted by Gasteiger charge is 2.26. The molecule has 0 radical (unpaired) electrons. The average Bonchev–Trinajstić information content (AvgIpc) is 3.36. The standard InChI is InChI=1S/C21H26N4O3S/c1-21(2,28)16-8-17-14(7-18(16)23-20(27)19-9-22-12-29-19)10-25(24-17)15-5-3-13(11-26)4-6-15/h7-10,12-13,15,26,28H,3-6,11H2,1-2H3,(H,23,27). The van der Waals surface area contributed by atoms with Crippen molar-refractivity contribution in [1.82, 2.24) is 14.8 Å². The third kappa shape index (κ3) is 4.19. The van der Waals surface area contributed by atoms with Gasteiger partial charge in [-0.25, -0.2) is 0 Å². The van der Waals surface area contributed by atoms with Crippen LogP contribution < -0.4 is 5.32 Å². The fraction of sp³-hybridized carbons (Fsp3) is 0.476. The number of carbonyl (C=O) groups excluding carboxylic acids is 1. The summed E-state index contributed by atoms with van der Waals surface area (Å²) in [5.74, 6) is 0.152. The zero-order chi connectivity index (χ0) is 20.6. The summed E-state index contributed by atoms with van der Waals surface area (Å²) in [5.41, 5.74) is 2.48. The zero-order valence-electron chi connectivity index (χ0n) is 16.6. The predicted octanol–water partition coefficient (Wildman–Crippen LogP) is 3.70. The molecule has 0 bridgehead atoms. The maximum atomic E-state index is 12.5. The van der Waals surface area contributed by atoms with E-state index in [4.69, 9.17) is 5.10 Å². The third-order valence-corrected chi connectivity index (χ3v) is 6.45. The van der Waals surface area contributed by atoms with E-state index in [1.54, 1.807) is 19.4 Å². The maximum absolute atomic E-state index is 12.5. The van der Waals surface area contributed by atoms with Gasteiger partial charge in [-0.15, -0.1) is 11.3 Å². The molecule has 2 heterocycles. The number of anilines is 1. The number of carbonyl (C=O) groups is 1. The Bertz CT molecular complexity index is 999. The van der Waals surface area contributed by atoms with E-state index in [1.165, 1.54) is 17.5 Å². The maximum Gasteiger partial charge on any atom is 0.267 e. The summed E-state index contributed by atoms with van der Waals surface area (Å²) in [5, 5.41) is 28.6. The lowest BCUT2D eigenvalue weighted by Gasteiger charge is -2.27. The first-order valence-electron chi connectivity index (χ1n) is 9.91. The topological polar surface area (TPSA) is 100 Å². The smallest absolute Gasteiger partial charge is 0.267 e. The van der Waals surface area contributed by atoms with Crippen molar-refractivity contribution in [2.75, 3.05) is 11.9 Å². The van der Waals surface area contributed by atoms with Crippen molar-refractivity contribution >= 4 is 33.8 Å². The highest BCUT2D eigenvalue weighted by atomic mass is 32.1. The Morgan fingerprint density at radius 1 is 1.31 bits per heavy atom. The van der Waals surface area contributed by atoms with Gasteiger partial charge in [0.2, 0.25) is 0 Å². The molecule has 1 saturated carbocycles.